The number of carbonyl (C=O) groups excluding carboxylic acids is 1. The number of piperidine rings is 1. The number of anilines is 1. The van der Waals surface area contributed by atoms with Gasteiger partial charge in [0.05, 0.1) is 18.1 Å². The van der Waals surface area contributed by atoms with Crippen LogP contribution in [0.4, 0.5) is 19.0 Å². The fourth-order valence-electron chi connectivity index (χ4n) is 2.46. The summed E-state index contributed by atoms with van der Waals surface area (Å²) < 4.78 is 43.9. The number of nitrogens with zero attached hydrogens (tertiary/aromatic N) is 2. The number of hydrogen-bond acceptors (Lipinski definition) is 4. The number of halogens is 3. The van der Waals surface area contributed by atoms with Crippen LogP contribution in [0.15, 0.2) is 18.3 Å². The first-order chi connectivity index (χ1) is 9.93. The fourth-order valence-corrected chi connectivity index (χ4v) is 2.46. The van der Waals surface area contributed by atoms with Crippen LogP contribution in [0.2, 0.25) is 0 Å². The van der Waals surface area contributed by atoms with Crippen molar-refractivity contribution in [1.82, 2.24) is 4.98 Å². The van der Waals surface area contributed by atoms with E-state index in [1.165, 1.54) is 12.3 Å². The zero-order valence-corrected chi connectivity index (χ0v) is 11.7. The number of hydrogen-bond donors (Lipinski definition) is 0. The van der Waals surface area contributed by atoms with Crippen LogP contribution in [0.25, 0.3) is 0 Å². The van der Waals surface area contributed by atoms with E-state index < -0.39 is 11.7 Å². The molecule has 0 bridgehead atoms. The molecular weight excluding hydrogens is 285 g/mol. The van der Waals surface area contributed by atoms with Crippen molar-refractivity contribution in [3.05, 3.63) is 23.9 Å². The number of ether oxygens (including phenoxy) is 1. The predicted octanol–water partition coefficient (Wildman–Crippen LogP) is 2.88. The first kappa shape index (κ1) is 15.6. The molecule has 21 heavy (non-hydrogen) atoms. The van der Waals surface area contributed by atoms with Crippen molar-refractivity contribution >= 4 is 11.8 Å². The molecule has 116 valence electrons. The Balaban J connectivity index is 2.08. The first-order valence-corrected chi connectivity index (χ1v) is 6.87. The molecule has 0 saturated carbocycles. The summed E-state index contributed by atoms with van der Waals surface area (Å²) in [7, 11) is 0. The monoisotopic (exact) mass is 302 g/mol. The van der Waals surface area contributed by atoms with Crippen molar-refractivity contribution in [1.29, 1.82) is 0 Å². The average Bonchev–Trinajstić information content (AvgIpc) is 2.47. The molecule has 1 saturated heterocycles. The Labute approximate surface area is 120 Å². The molecule has 0 atom stereocenters. The van der Waals surface area contributed by atoms with E-state index in [-0.39, 0.29) is 17.7 Å². The molecule has 1 aromatic rings. The molecule has 0 spiro atoms. The van der Waals surface area contributed by atoms with Gasteiger partial charge in [-0.25, -0.2) is 4.98 Å². The predicted molar refractivity (Wildman–Crippen MR) is 70.8 cm³/mol. The standard InChI is InChI=1S/C14H17F3N2O2/c1-2-21-13(20)10-5-8-19(9-6-10)12-11(14(15,16)17)4-3-7-18-12/h3-4,7,10H,2,5-6,8-9H2,1H3. The average molecular weight is 302 g/mol. The maximum absolute atomic E-state index is 13.0. The number of pyridine rings is 1. The lowest BCUT2D eigenvalue weighted by Crippen LogP contribution is -2.38. The maximum atomic E-state index is 13.0. The fraction of sp³-hybridized carbons (Fsp3) is 0.571. The van der Waals surface area contributed by atoms with Crippen LogP contribution in [0, 0.1) is 5.92 Å². The van der Waals surface area contributed by atoms with E-state index in [9.17, 15) is 18.0 Å². The number of rotatable bonds is 3. The second kappa shape index (κ2) is 6.32. The van der Waals surface area contributed by atoms with Gasteiger partial charge in [0.15, 0.2) is 0 Å². The second-order valence-electron chi connectivity index (χ2n) is 4.89. The van der Waals surface area contributed by atoms with E-state index in [0.29, 0.717) is 32.5 Å². The molecule has 0 unspecified atom stereocenters. The molecule has 1 aliphatic heterocycles. The summed E-state index contributed by atoms with van der Waals surface area (Å²) in [6.45, 7) is 2.78. The highest BCUT2D eigenvalue weighted by atomic mass is 19.4. The summed E-state index contributed by atoms with van der Waals surface area (Å²) in [6.07, 6.45) is -2.12. The van der Waals surface area contributed by atoms with E-state index >= 15 is 0 Å². The van der Waals surface area contributed by atoms with Crippen molar-refractivity contribution in [2.75, 3.05) is 24.6 Å². The molecule has 1 aromatic heterocycles. The second-order valence-corrected chi connectivity index (χ2v) is 4.89. The van der Waals surface area contributed by atoms with E-state index in [0.717, 1.165) is 6.07 Å². The lowest BCUT2D eigenvalue weighted by molar-refractivity contribution is -0.148. The van der Waals surface area contributed by atoms with E-state index in [4.69, 9.17) is 4.74 Å². The lowest BCUT2D eigenvalue weighted by atomic mass is 9.96. The third-order valence-electron chi connectivity index (χ3n) is 3.51. The first-order valence-electron chi connectivity index (χ1n) is 6.87. The van der Waals surface area contributed by atoms with Gasteiger partial charge in [-0.15, -0.1) is 0 Å². The highest BCUT2D eigenvalue weighted by molar-refractivity contribution is 5.72. The minimum Gasteiger partial charge on any atom is -0.466 e. The summed E-state index contributed by atoms with van der Waals surface area (Å²) in [6, 6.07) is 2.30. The number of esters is 1. The van der Waals surface area contributed by atoms with Crippen LogP contribution in [0.5, 0.6) is 0 Å². The Morgan fingerprint density at radius 2 is 2.10 bits per heavy atom. The van der Waals surface area contributed by atoms with E-state index in [2.05, 4.69) is 4.98 Å². The Hall–Kier alpha value is -1.79. The van der Waals surface area contributed by atoms with Crippen LogP contribution >= 0.6 is 0 Å². The number of alkyl halides is 3. The van der Waals surface area contributed by atoms with Crippen LogP contribution in [0.1, 0.15) is 25.3 Å². The van der Waals surface area contributed by atoms with Crippen LogP contribution in [0.3, 0.4) is 0 Å². The molecule has 0 radical (unpaired) electrons. The summed E-state index contributed by atoms with van der Waals surface area (Å²) in [5, 5.41) is 0. The van der Waals surface area contributed by atoms with Gasteiger partial charge in [0.2, 0.25) is 0 Å². The molecule has 2 rings (SSSR count). The van der Waals surface area contributed by atoms with Gasteiger partial charge in [0.1, 0.15) is 5.82 Å². The Morgan fingerprint density at radius 3 is 2.67 bits per heavy atom. The molecule has 4 nitrogen and oxygen atoms in total. The minimum absolute atomic E-state index is 0.0627. The van der Waals surface area contributed by atoms with E-state index in [1.54, 1.807) is 11.8 Å². The lowest BCUT2D eigenvalue weighted by Gasteiger charge is -2.33. The topological polar surface area (TPSA) is 42.4 Å². The summed E-state index contributed by atoms with van der Waals surface area (Å²) in [5.41, 5.74) is -0.736. The molecule has 7 heteroatoms. The molecule has 2 heterocycles. The van der Waals surface area contributed by atoms with Crippen molar-refractivity contribution < 1.29 is 22.7 Å². The van der Waals surface area contributed by atoms with Crippen LogP contribution in [-0.4, -0.2) is 30.6 Å². The van der Waals surface area contributed by atoms with Crippen molar-refractivity contribution in [2.24, 2.45) is 5.92 Å². The zero-order valence-electron chi connectivity index (χ0n) is 11.7. The highest BCUT2D eigenvalue weighted by Crippen LogP contribution is 2.36. The summed E-state index contributed by atoms with van der Waals surface area (Å²) >= 11 is 0. The minimum atomic E-state index is -4.43. The van der Waals surface area contributed by atoms with Gasteiger partial charge in [-0.3, -0.25) is 4.79 Å². The van der Waals surface area contributed by atoms with E-state index in [1.807, 2.05) is 0 Å². The SMILES string of the molecule is CCOC(=O)C1CCN(c2ncccc2C(F)(F)F)CC1. The normalized spacial score (nSPS) is 16.9. The summed E-state index contributed by atoms with van der Waals surface area (Å²) in [4.78, 5) is 17.1. The number of aromatic nitrogens is 1. The maximum Gasteiger partial charge on any atom is 0.419 e. The molecule has 0 aliphatic carbocycles. The Morgan fingerprint density at radius 1 is 1.43 bits per heavy atom. The van der Waals surface area contributed by atoms with Gasteiger partial charge in [0.25, 0.3) is 0 Å². The van der Waals surface area contributed by atoms with Crippen molar-refractivity contribution in [2.45, 2.75) is 25.9 Å². The Bertz CT molecular complexity index is 497. The summed E-state index contributed by atoms with van der Waals surface area (Å²) in [5.74, 6) is -0.569. The van der Waals surface area contributed by atoms with Crippen molar-refractivity contribution in [3.8, 4) is 0 Å². The van der Waals surface area contributed by atoms with Gasteiger partial charge in [0, 0.05) is 19.3 Å². The molecular formula is C14H17F3N2O2. The number of carbonyl (C=O) groups is 1. The molecule has 0 aromatic carbocycles. The third-order valence-corrected chi connectivity index (χ3v) is 3.51. The van der Waals surface area contributed by atoms with Gasteiger partial charge >= 0.3 is 12.1 Å². The van der Waals surface area contributed by atoms with Gasteiger partial charge in [-0.2, -0.15) is 13.2 Å². The molecule has 0 N–H and O–H groups in total. The largest absolute Gasteiger partial charge is 0.466 e. The Kier molecular flexibility index (Phi) is 4.69. The molecule has 1 fully saturated rings. The van der Waals surface area contributed by atoms with Gasteiger partial charge < -0.3 is 9.64 Å². The quantitative estimate of drug-likeness (QED) is 0.805. The highest BCUT2D eigenvalue weighted by Gasteiger charge is 2.37. The van der Waals surface area contributed by atoms with Crippen molar-refractivity contribution in [3.63, 3.8) is 0 Å². The zero-order chi connectivity index (χ0) is 15.5. The third kappa shape index (κ3) is 3.65. The van der Waals surface area contributed by atoms with Gasteiger partial charge in [-0.1, -0.05) is 0 Å². The van der Waals surface area contributed by atoms with Gasteiger partial charge in [-0.05, 0) is 31.9 Å². The molecule has 0 amide bonds. The smallest absolute Gasteiger partial charge is 0.419 e. The molecule has 1 aliphatic rings. The van der Waals surface area contributed by atoms with Crippen LogP contribution < -0.4 is 4.90 Å². The van der Waals surface area contributed by atoms with Crippen LogP contribution in [-0.2, 0) is 15.7 Å².